The number of carbonyl (C=O) groups is 1. The van der Waals surface area contributed by atoms with Gasteiger partial charge in [0.1, 0.15) is 6.07 Å². The predicted octanol–water partition coefficient (Wildman–Crippen LogP) is 5.32. The fraction of sp³-hybridized carbons (Fsp3) is 0. The number of Topliss-reactive ketones (excluding diaryl/α,β-unsaturated/α-hetero) is 1. The number of hydrogen-bond acceptors (Lipinski definition) is 4. The first kappa shape index (κ1) is 17.0. The van der Waals surface area contributed by atoms with E-state index in [0.29, 0.717) is 21.3 Å². The van der Waals surface area contributed by atoms with Crippen molar-refractivity contribution in [1.82, 2.24) is 0 Å². The van der Waals surface area contributed by atoms with E-state index in [1.807, 2.05) is 36.4 Å². The van der Waals surface area contributed by atoms with E-state index in [0.717, 1.165) is 10.8 Å². The summed E-state index contributed by atoms with van der Waals surface area (Å²) in [5, 5.41) is 15.9. The lowest BCUT2D eigenvalue weighted by Gasteiger charge is -2.04. The number of rotatable bonds is 4. The Morgan fingerprint density at radius 2 is 1.64 bits per heavy atom. The first-order valence-electron chi connectivity index (χ1n) is 7.30. The Morgan fingerprint density at radius 3 is 2.32 bits per heavy atom. The van der Waals surface area contributed by atoms with Crippen molar-refractivity contribution in [2.24, 2.45) is 5.10 Å². The van der Waals surface area contributed by atoms with Crippen LogP contribution in [-0.2, 0) is 0 Å². The molecule has 0 aromatic heterocycles. The summed E-state index contributed by atoms with van der Waals surface area (Å²) >= 11 is 11.8. The number of ketones is 1. The van der Waals surface area contributed by atoms with Crippen LogP contribution in [0.4, 0.5) is 5.69 Å². The summed E-state index contributed by atoms with van der Waals surface area (Å²) in [6.45, 7) is 0. The summed E-state index contributed by atoms with van der Waals surface area (Å²) in [5.41, 5.74) is 3.26. The summed E-state index contributed by atoms with van der Waals surface area (Å²) in [7, 11) is 0. The molecule has 6 heteroatoms. The third-order valence-electron chi connectivity index (χ3n) is 3.49. The molecule has 0 aliphatic carbocycles. The molecule has 122 valence electrons. The predicted molar refractivity (Wildman–Crippen MR) is 101 cm³/mol. The average Bonchev–Trinajstić information content (AvgIpc) is 2.61. The second kappa shape index (κ2) is 7.35. The van der Waals surface area contributed by atoms with Gasteiger partial charge < -0.3 is 0 Å². The lowest BCUT2D eigenvalue weighted by molar-refractivity contribution is 0.106. The third kappa shape index (κ3) is 3.97. The number of halogens is 2. The van der Waals surface area contributed by atoms with Crippen molar-refractivity contribution >= 4 is 51.2 Å². The highest BCUT2D eigenvalue weighted by molar-refractivity contribution is 6.51. The number of anilines is 1. The number of nitrogens with one attached hydrogen (secondary N) is 1. The van der Waals surface area contributed by atoms with Crippen LogP contribution in [0.5, 0.6) is 0 Å². The molecule has 0 aliphatic heterocycles. The third-order valence-corrected chi connectivity index (χ3v) is 3.93. The zero-order valence-electron chi connectivity index (χ0n) is 12.8. The molecule has 0 fully saturated rings. The van der Waals surface area contributed by atoms with Gasteiger partial charge in [-0.25, -0.2) is 0 Å². The standard InChI is InChI=1S/C19H11Cl2N3O/c20-15-8-16(21)10-17(9-15)23-24-18(11-22)19(25)14-6-5-12-3-1-2-4-13(12)7-14/h1-10,23H/b24-18+. The fourth-order valence-corrected chi connectivity index (χ4v) is 2.86. The highest BCUT2D eigenvalue weighted by Crippen LogP contribution is 2.22. The Balaban J connectivity index is 1.88. The van der Waals surface area contributed by atoms with Crippen molar-refractivity contribution in [3.63, 3.8) is 0 Å². The zero-order valence-corrected chi connectivity index (χ0v) is 14.3. The molecule has 3 aromatic rings. The van der Waals surface area contributed by atoms with Gasteiger partial charge in [-0.15, -0.1) is 0 Å². The molecule has 0 atom stereocenters. The van der Waals surface area contributed by atoms with Crippen molar-refractivity contribution < 1.29 is 4.79 Å². The molecule has 0 aliphatic rings. The number of hydrogen-bond donors (Lipinski definition) is 1. The molecule has 3 rings (SSSR count). The van der Waals surface area contributed by atoms with E-state index in [-0.39, 0.29) is 5.71 Å². The molecule has 0 radical (unpaired) electrons. The molecule has 4 nitrogen and oxygen atoms in total. The van der Waals surface area contributed by atoms with Crippen LogP contribution in [0.1, 0.15) is 10.4 Å². The summed E-state index contributed by atoms with van der Waals surface area (Å²) in [5.74, 6) is -0.464. The quantitative estimate of drug-likeness (QED) is 0.385. The van der Waals surface area contributed by atoms with Gasteiger partial charge in [-0.1, -0.05) is 59.6 Å². The Bertz CT molecular complexity index is 1020. The Labute approximate surface area is 154 Å². The van der Waals surface area contributed by atoms with Gasteiger partial charge in [0.05, 0.1) is 5.69 Å². The fourth-order valence-electron chi connectivity index (χ4n) is 2.33. The van der Waals surface area contributed by atoms with E-state index in [9.17, 15) is 10.1 Å². The van der Waals surface area contributed by atoms with Crippen LogP contribution >= 0.6 is 23.2 Å². The monoisotopic (exact) mass is 367 g/mol. The van der Waals surface area contributed by atoms with Crippen molar-refractivity contribution in [2.45, 2.75) is 0 Å². The maximum absolute atomic E-state index is 12.5. The van der Waals surface area contributed by atoms with Crippen LogP contribution in [0, 0.1) is 11.3 Å². The van der Waals surface area contributed by atoms with Gasteiger partial charge in [0.2, 0.25) is 11.5 Å². The van der Waals surface area contributed by atoms with E-state index in [1.165, 1.54) is 0 Å². The topological polar surface area (TPSA) is 65.2 Å². The van der Waals surface area contributed by atoms with Crippen LogP contribution in [0.2, 0.25) is 10.0 Å². The molecule has 3 aromatic carbocycles. The smallest absolute Gasteiger partial charge is 0.223 e. The maximum Gasteiger partial charge on any atom is 0.223 e. The number of hydrazone groups is 1. The molecule has 1 N–H and O–H groups in total. The molecule has 0 saturated carbocycles. The number of fused-ring (bicyclic) bond motifs is 1. The van der Waals surface area contributed by atoms with Crippen molar-refractivity contribution in [1.29, 1.82) is 5.26 Å². The molecule has 0 saturated heterocycles. The van der Waals surface area contributed by atoms with Crippen LogP contribution in [0.3, 0.4) is 0 Å². The van der Waals surface area contributed by atoms with Crippen molar-refractivity contribution in [2.75, 3.05) is 5.43 Å². The van der Waals surface area contributed by atoms with Gasteiger partial charge >= 0.3 is 0 Å². The molecular formula is C19H11Cl2N3O. The lowest BCUT2D eigenvalue weighted by atomic mass is 10.0. The van der Waals surface area contributed by atoms with Crippen LogP contribution in [0.15, 0.2) is 65.8 Å². The largest absolute Gasteiger partial charge is 0.286 e. The van der Waals surface area contributed by atoms with Gasteiger partial charge in [-0.05, 0) is 35.0 Å². The minimum absolute atomic E-state index is 0.258. The van der Waals surface area contributed by atoms with E-state index >= 15 is 0 Å². The molecule has 0 amide bonds. The SMILES string of the molecule is N#C/C(=N\Nc1cc(Cl)cc(Cl)c1)C(=O)c1ccc2ccccc2c1. The first-order chi connectivity index (χ1) is 12.1. The summed E-state index contributed by atoms with van der Waals surface area (Å²) in [6.07, 6.45) is 0. The van der Waals surface area contributed by atoms with E-state index in [1.54, 1.807) is 30.3 Å². The Kier molecular flexibility index (Phi) is 4.99. The highest BCUT2D eigenvalue weighted by atomic mass is 35.5. The summed E-state index contributed by atoms with van der Waals surface area (Å²) in [6, 6.07) is 19.5. The first-order valence-corrected chi connectivity index (χ1v) is 8.06. The van der Waals surface area contributed by atoms with Gasteiger partial charge in [0.25, 0.3) is 0 Å². The number of nitriles is 1. The number of nitrogens with zero attached hydrogens (tertiary/aromatic N) is 2. The van der Waals surface area contributed by atoms with Gasteiger partial charge in [-0.3, -0.25) is 10.2 Å². The minimum Gasteiger partial charge on any atom is -0.286 e. The van der Waals surface area contributed by atoms with E-state index in [4.69, 9.17) is 23.2 Å². The molecule has 0 spiro atoms. The van der Waals surface area contributed by atoms with Gasteiger partial charge in [0, 0.05) is 15.6 Å². The van der Waals surface area contributed by atoms with Crippen molar-refractivity contribution in [3.8, 4) is 6.07 Å². The lowest BCUT2D eigenvalue weighted by Crippen LogP contribution is -2.14. The molecular weight excluding hydrogens is 357 g/mol. The number of benzene rings is 3. The molecule has 0 unspecified atom stereocenters. The summed E-state index contributed by atoms with van der Waals surface area (Å²) in [4.78, 5) is 12.5. The van der Waals surface area contributed by atoms with Crippen molar-refractivity contribution in [3.05, 3.63) is 76.3 Å². The average molecular weight is 368 g/mol. The second-order valence-electron chi connectivity index (χ2n) is 5.23. The van der Waals surface area contributed by atoms with Gasteiger partial charge in [-0.2, -0.15) is 10.4 Å². The van der Waals surface area contributed by atoms with E-state index in [2.05, 4.69) is 10.5 Å². The van der Waals surface area contributed by atoms with E-state index < -0.39 is 5.78 Å². The Hall–Kier alpha value is -2.87. The zero-order chi connectivity index (χ0) is 17.8. The Morgan fingerprint density at radius 1 is 0.960 bits per heavy atom. The molecule has 25 heavy (non-hydrogen) atoms. The molecule has 0 heterocycles. The second-order valence-corrected chi connectivity index (χ2v) is 6.11. The number of carbonyl (C=O) groups excluding carboxylic acids is 1. The highest BCUT2D eigenvalue weighted by Gasteiger charge is 2.14. The van der Waals surface area contributed by atoms with Crippen LogP contribution < -0.4 is 5.43 Å². The van der Waals surface area contributed by atoms with Crippen LogP contribution in [-0.4, -0.2) is 11.5 Å². The van der Waals surface area contributed by atoms with Crippen LogP contribution in [0.25, 0.3) is 10.8 Å². The molecule has 0 bridgehead atoms. The normalized spacial score (nSPS) is 11.2. The van der Waals surface area contributed by atoms with Gasteiger partial charge in [0.15, 0.2) is 0 Å². The maximum atomic E-state index is 12.5. The minimum atomic E-state index is -0.464. The summed E-state index contributed by atoms with van der Waals surface area (Å²) < 4.78 is 0.